The number of fused-ring (bicyclic) bond motifs is 1. The molecule has 10 heteroatoms. The predicted molar refractivity (Wildman–Crippen MR) is 94.6 cm³/mol. The van der Waals surface area contributed by atoms with Gasteiger partial charge in [-0.05, 0) is 25.8 Å². The normalized spacial score (nSPS) is 15.8. The first-order valence-electron chi connectivity index (χ1n) is 9.00. The molecule has 28 heavy (non-hydrogen) atoms. The van der Waals surface area contributed by atoms with Crippen molar-refractivity contribution in [1.29, 1.82) is 5.26 Å². The van der Waals surface area contributed by atoms with Crippen LogP contribution in [0.5, 0.6) is 0 Å². The molecule has 0 unspecified atom stereocenters. The average molecular weight is 394 g/mol. The molecule has 2 aromatic rings. The van der Waals surface area contributed by atoms with Crippen LogP contribution in [0.3, 0.4) is 0 Å². The summed E-state index contributed by atoms with van der Waals surface area (Å²) in [7, 11) is 0. The summed E-state index contributed by atoms with van der Waals surface area (Å²) in [5.41, 5.74) is 3.35. The van der Waals surface area contributed by atoms with E-state index in [0.717, 1.165) is 17.0 Å². The summed E-state index contributed by atoms with van der Waals surface area (Å²) in [5, 5.41) is 13.3. The molecule has 7 nitrogen and oxygen atoms in total. The van der Waals surface area contributed by atoms with Crippen LogP contribution in [0.2, 0.25) is 0 Å². The summed E-state index contributed by atoms with van der Waals surface area (Å²) in [6.45, 7) is 3.81. The van der Waals surface area contributed by atoms with E-state index in [1.165, 1.54) is 11.1 Å². The Labute approximate surface area is 160 Å². The molecule has 0 saturated carbocycles. The van der Waals surface area contributed by atoms with Gasteiger partial charge in [0.05, 0.1) is 12.7 Å². The van der Waals surface area contributed by atoms with E-state index in [4.69, 9.17) is 5.26 Å². The number of hydrogen-bond acceptors (Lipinski definition) is 5. The minimum atomic E-state index is -4.22. The molecular weight excluding hydrogens is 373 g/mol. The van der Waals surface area contributed by atoms with E-state index < -0.39 is 12.7 Å². The maximum atomic E-state index is 12.5. The first-order chi connectivity index (χ1) is 13.2. The number of alkyl halides is 3. The molecule has 0 aliphatic carbocycles. The molecular formula is C18H21F3N6O. The number of carbonyl (C=O) groups is 1. The van der Waals surface area contributed by atoms with Crippen molar-refractivity contribution in [1.82, 2.24) is 24.4 Å². The summed E-state index contributed by atoms with van der Waals surface area (Å²) in [6, 6.07) is 2.05. The van der Waals surface area contributed by atoms with Crippen LogP contribution in [0, 0.1) is 25.2 Å². The van der Waals surface area contributed by atoms with E-state index >= 15 is 0 Å². The maximum Gasteiger partial charge on any atom is 0.401 e. The Balaban J connectivity index is 1.62. The first kappa shape index (κ1) is 20.1. The highest BCUT2D eigenvalue weighted by Gasteiger charge is 2.32. The Morgan fingerprint density at radius 1 is 1.25 bits per heavy atom. The van der Waals surface area contributed by atoms with E-state index in [2.05, 4.69) is 16.2 Å². The smallest absolute Gasteiger partial charge is 0.340 e. The molecule has 0 atom stereocenters. The number of piperazine rings is 1. The molecule has 1 fully saturated rings. The molecule has 0 radical (unpaired) electrons. The lowest BCUT2D eigenvalue weighted by Gasteiger charge is -2.35. The molecule has 2 aromatic heterocycles. The molecule has 1 saturated heterocycles. The molecule has 1 aliphatic heterocycles. The van der Waals surface area contributed by atoms with Gasteiger partial charge in [0.15, 0.2) is 5.65 Å². The van der Waals surface area contributed by atoms with Gasteiger partial charge in [-0.3, -0.25) is 9.69 Å². The number of rotatable bonds is 4. The lowest BCUT2D eigenvalue weighted by atomic mass is 10.1. The first-order valence-corrected chi connectivity index (χ1v) is 9.00. The quantitative estimate of drug-likeness (QED) is 0.791. The molecule has 1 amide bonds. The summed E-state index contributed by atoms with van der Waals surface area (Å²) < 4.78 is 39.0. The van der Waals surface area contributed by atoms with Gasteiger partial charge < -0.3 is 4.90 Å². The van der Waals surface area contributed by atoms with Gasteiger partial charge in [0.2, 0.25) is 5.91 Å². The number of hydrogen-bond donors (Lipinski definition) is 0. The van der Waals surface area contributed by atoms with Crippen LogP contribution in [-0.2, 0) is 11.2 Å². The van der Waals surface area contributed by atoms with E-state index in [1.54, 1.807) is 9.42 Å². The largest absolute Gasteiger partial charge is 0.401 e. The molecule has 0 N–H and O–H groups in total. The highest BCUT2D eigenvalue weighted by molar-refractivity contribution is 5.76. The molecule has 3 heterocycles. The third-order valence-electron chi connectivity index (χ3n) is 5.05. The fraction of sp³-hybridized carbons (Fsp3) is 0.556. The number of carbonyl (C=O) groups excluding carboxylic acids is 1. The molecule has 0 spiro atoms. The average Bonchev–Trinajstić information content (AvgIpc) is 3.03. The van der Waals surface area contributed by atoms with Gasteiger partial charge in [0.25, 0.3) is 0 Å². The Kier molecular flexibility index (Phi) is 5.56. The Morgan fingerprint density at radius 2 is 1.93 bits per heavy atom. The van der Waals surface area contributed by atoms with Crippen LogP contribution in [0.25, 0.3) is 5.65 Å². The van der Waals surface area contributed by atoms with Crippen LogP contribution in [0.4, 0.5) is 13.2 Å². The molecule has 150 valence electrons. The van der Waals surface area contributed by atoms with Crippen molar-refractivity contribution in [2.75, 3.05) is 32.7 Å². The van der Waals surface area contributed by atoms with Crippen LogP contribution < -0.4 is 0 Å². The predicted octanol–water partition coefficient (Wildman–Crippen LogP) is 1.86. The zero-order valence-corrected chi connectivity index (χ0v) is 15.8. The van der Waals surface area contributed by atoms with Crippen molar-refractivity contribution < 1.29 is 18.0 Å². The molecule has 0 aromatic carbocycles. The van der Waals surface area contributed by atoms with Crippen LogP contribution in [0.15, 0.2) is 6.20 Å². The van der Waals surface area contributed by atoms with E-state index in [-0.39, 0.29) is 25.4 Å². The number of halogens is 3. The number of aryl methyl sites for hydroxylation is 2. The Morgan fingerprint density at radius 3 is 2.54 bits per heavy atom. The maximum absolute atomic E-state index is 12.5. The standard InChI is InChI=1S/C18H21F3N6O/c1-12-15(13(2)27-17(24-12)14(9-22)10-23-27)3-4-16(28)26-7-5-25(6-8-26)11-18(19,20)21/h10H,3-8,11H2,1-2H3. The van der Waals surface area contributed by atoms with Gasteiger partial charge in [-0.1, -0.05) is 0 Å². The number of amides is 1. The van der Waals surface area contributed by atoms with Gasteiger partial charge in [-0.15, -0.1) is 0 Å². The highest BCUT2D eigenvalue weighted by Crippen LogP contribution is 2.20. The minimum absolute atomic E-state index is 0.0799. The van der Waals surface area contributed by atoms with Gasteiger partial charge in [-0.2, -0.15) is 23.5 Å². The van der Waals surface area contributed by atoms with Gasteiger partial charge >= 0.3 is 6.18 Å². The zero-order chi connectivity index (χ0) is 20.5. The fourth-order valence-corrected chi connectivity index (χ4v) is 3.55. The number of nitrogens with zero attached hydrogens (tertiary/aromatic N) is 6. The lowest BCUT2D eigenvalue weighted by molar-refractivity contribution is -0.151. The van der Waals surface area contributed by atoms with Crippen molar-refractivity contribution in [2.24, 2.45) is 0 Å². The minimum Gasteiger partial charge on any atom is -0.340 e. The highest BCUT2D eigenvalue weighted by atomic mass is 19.4. The van der Waals surface area contributed by atoms with E-state index in [1.807, 2.05) is 13.8 Å². The third-order valence-corrected chi connectivity index (χ3v) is 5.05. The summed E-state index contributed by atoms with van der Waals surface area (Å²) in [6.07, 6.45) is -2.04. The molecule has 1 aliphatic rings. The summed E-state index contributed by atoms with van der Waals surface area (Å²) in [5.74, 6) is -0.0799. The lowest BCUT2D eigenvalue weighted by Crippen LogP contribution is -2.50. The van der Waals surface area contributed by atoms with Crippen LogP contribution >= 0.6 is 0 Å². The van der Waals surface area contributed by atoms with Crippen molar-refractivity contribution in [3.05, 3.63) is 28.7 Å². The van der Waals surface area contributed by atoms with Crippen LogP contribution in [0.1, 0.15) is 28.9 Å². The van der Waals surface area contributed by atoms with Gasteiger partial charge in [0, 0.05) is 44.0 Å². The van der Waals surface area contributed by atoms with Crippen molar-refractivity contribution >= 4 is 11.6 Å². The van der Waals surface area contributed by atoms with Crippen molar-refractivity contribution in [2.45, 2.75) is 32.9 Å². The van der Waals surface area contributed by atoms with Gasteiger partial charge in [-0.25, -0.2) is 9.50 Å². The fourth-order valence-electron chi connectivity index (χ4n) is 3.55. The van der Waals surface area contributed by atoms with E-state index in [9.17, 15) is 18.0 Å². The van der Waals surface area contributed by atoms with Crippen molar-refractivity contribution in [3.8, 4) is 6.07 Å². The summed E-state index contributed by atoms with van der Waals surface area (Å²) in [4.78, 5) is 19.9. The Hall–Kier alpha value is -2.67. The monoisotopic (exact) mass is 394 g/mol. The number of aromatic nitrogens is 3. The Bertz CT molecular complexity index is 922. The topological polar surface area (TPSA) is 77.5 Å². The summed E-state index contributed by atoms with van der Waals surface area (Å²) >= 11 is 0. The third kappa shape index (κ3) is 4.25. The van der Waals surface area contributed by atoms with Crippen molar-refractivity contribution in [3.63, 3.8) is 0 Å². The number of nitriles is 1. The van der Waals surface area contributed by atoms with Crippen LogP contribution in [-0.4, -0.2) is 69.2 Å². The van der Waals surface area contributed by atoms with Gasteiger partial charge in [0.1, 0.15) is 11.6 Å². The molecule has 3 rings (SSSR count). The second kappa shape index (κ2) is 7.75. The zero-order valence-electron chi connectivity index (χ0n) is 15.8. The second-order valence-corrected chi connectivity index (χ2v) is 6.94. The van der Waals surface area contributed by atoms with E-state index in [0.29, 0.717) is 30.7 Å². The SMILES string of the molecule is Cc1nc2c(C#N)cnn2c(C)c1CCC(=O)N1CCN(CC(F)(F)F)CC1. The molecule has 0 bridgehead atoms. The second-order valence-electron chi connectivity index (χ2n) is 6.94.